The molecule has 2 aromatic rings. The number of pyridine rings is 1. The molecule has 1 aromatic heterocycles. The second-order valence-electron chi connectivity index (χ2n) is 23.6. The van der Waals surface area contributed by atoms with Crippen molar-refractivity contribution in [2.75, 3.05) is 61.7 Å². The molecule has 5 fully saturated rings. The topological polar surface area (TPSA) is 248 Å². The second kappa shape index (κ2) is 25.8. The fraction of sp³-hybridized carbons (Fsp3) is 0.741. The standard InChI is InChI=1S/C58H87N3O19/c1-31-27-56(9,68)48(78-54-47(75-38(8)62)43(59(11)12)25-32(2)73-54)33(3)46(34(4)53(66)77-49-35(5)58(49)50(79-55(67)80-58)36(6)60(13)29-31)76-44-28-57(10,70-15)51(37(7)74-44)72-24-23-71-21-16-17-39-18-19-42-40(26-39)45(63)41(52(64)65)30-61(42)20-22-69-14/h16,18-19,21,26,30-37,43-44,46-51,54,68H,17,20,22-25,27-29H2,1-15H3,(H,64,65)/t31-,32-,33+,34-,35?,36-,37+,43+,44+,46+,47-,48-,49-,50-,51+,54+,56-,57-,58-/m1/s1. The van der Waals surface area contributed by atoms with E-state index in [9.17, 15) is 34.2 Å². The first-order valence-electron chi connectivity index (χ1n) is 28.0. The number of allylic oxidation sites excluding steroid dienone is 1. The van der Waals surface area contributed by atoms with Crippen LogP contribution in [0.25, 0.3) is 10.9 Å². The molecule has 1 spiro atoms. The Kier molecular flexibility index (Phi) is 20.3. The van der Waals surface area contributed by atoms with Crippen LogP contribution in [-0.4, -0.2) is 201 Å². The van der Waals surface area contributed by atoms with E-state index < -0.39 is 113 Å². The molecular weight excluding hydrogens is 1040 g/mol. The Balaban J connectivity index is 1.10. The summed E-state index contributed by atoms with van der Waals surface area (Å²) in [7, 11) is 8.83. The first-order chi connectivity index (χ1) is 37.7. The summed E-state index contributed by atoms with van der Waals surface area (Å²) < 4.78 is 76.5. The quantitative estimate of drug-likeness (QED) is 0.0829. The third-order valence-electron chi connectivity index (χ3n) is 17.2. The molecule has 1 aliphatic carbocycles. The smallest absolute Gasteiger partial charge is 0.499 e. The molecule has 1 saturated carbocycles. The van der Waals surface area contributed by atoms with Crippen LogP contribution in [0, 0.1) is 23.7 Å². The van der Waals surface area contributed by atoms with Crippen LogP contribution < -0.4 is 5.43 Å². The van der Waals surface area contributed by atoms with Crippen LogP contribution in [0.3, 0.4) is 0 Å². The van der Waals surface area contributed by atoms with Crippen molar-refractivity contribution in [1.29, 1.82) is 0 Å². The maximum Gasteiger partial charge on any atom is 0.509 e. The van der Waals surface area contributed by atoms with Gasteiger partial charge in [-0.3, -0.25) is 19.3 Å². The average Bonchev–Trinajstić information content (AvgIpc) is 3.36. The molecule has 22 nitrogen and oxygen atoms in total. The Bertz CT molecular complexity index is 2590. The Morgan fingerprint density at radius 2 is 1.64 bits per heavy atom. The number of ether oxygens (including phenoxy) is 12. The van der Waals surface area contributed by atoms with E-state index in [0.717, 1.165) is 5.56 Å². The maximum absolute atomic E-state index is 14.8. The minimum atomic E-state index is -1.63. The normalized spacial score (nSPS) is 38.2. The van der Waals surface area contributed by atoms with Crippen LogP contribution in [0.5, 0.6) is 0 Å². The van der Waals surface area contributed by atoms with Gasteiger partial charge >= 0.3 is 24.1 Å². The summed E-state index contributed by atoms with van der Waals surface area (Å²) >= 11 is 0. The van der Waals surface area contributed by atoms with Crippen LogP contribution in [0.4, 0.5) is 4.79 Å². The highest BCUT2D eigenvalue weighted by molar-refractivity contribution is 5.92. The number of hydrogen-bond donors (Lipinski definition) is 2. The number of esters is 2. The number of rotatable bonds is 18. The van der Waals surface area contributed by atoms with Gasteiger partial charge in [-0.25, -0.2) is 9.59 Å². The van der Waals surface area contributed by atoms with Gasteiger partial charge in [0.25, 0.3) is 0 Å². The van der Waals surface area contributed by atoms with E-state index in [2.05, 4.69) is 4.90 Å². The summed E-state index contributed by atoms with van der Waals surface area (Å²) in [5, 5.41) is 23.0. The molecule has 2 N–H and O–H groups in total. The number of carboxylic acid groups (broad SMARTS) is 1. The molecule has 19 atom stereocenters. The first kappa shape index (κ1) is 62.8. The summed E-state index contributed by atoms with van der Waals surface area (Å²) in [6, 6.07) is 4.69. The number of nitrogens with zero attached hydrogens (tertiary/aromatic N) is 3. The molecule has 5 heterocycles. The van der Waals surface area contributed by atoms with Crippen LogP contribution in [-0.2, 0) is 79.4 Å². The van der Waals surface area contributed by atoms with Gasteiger partial charge in [0, 0.05) is 70.1 Å². The van der Waals surface area contributed by atoms with E-state index in [4.69, 9.17) is 56.8 Å². The molecule has 1 unspecified atom stereocenters. The first-order valence-corrected chi connectivity index (χ1v) is 28.0. The highest BCUT2D eigenvalue weighted by Crippen LogP contribution is 2.57. The van der Waals surface area contributed by atoms with Crippen molar-refractivity contribution in [2.45, 2.75) is 192 Å². The molecular formula is C58H87N3O19. The number of carbonyl (C=O) groups is 4. The van der Waals surface area contributed by atoms with Crippen LogP contribution in [0.15, 0.2) is 41.5 Å². The number of aliphatic hydroxyl groups is 1. The Labute approximate surface area is 469 Å². The molecule has 1 aromatic carbocycles. The molecule has 5 aliphatic rings. The van der Waals surface area contributed by atoms with Crippen LogP contribution >= 0.6 is 0 Å². The third kappa shape index (κ3) is 13.5. The van der Waals surface area contributed by atoms with Crippen molar-refractivity contribution in [3.63, 3.8) is 0 Å². The zero-order chi connectivity index (χ0) is 58.8. The van der Waals surface area contributed by atoms with Gasteiger partial charge in [-0.05, 0) is 112 Å². The number of aromatic carboxylic acids is 1. The van der Waals surface area contributed by atoms with Gasteiger partial charge < -0.3 is 76.5 Å². The van der Waals surface area contributed by atoms with E-state index in [-0.39, 0.29) is 61.6 Å². The molecule has 4 saturated heterocycles. The highest BCUT2D eigenvalue weighted by Gasteiger charge is 2.78. The Hall–Kier alpha value is -4.75. The minimum Gasteiger partial charge on any atom is -0.499 e. The van der Waals surface area contributed by atoms with Crippen LogP contribution in [0.2, 0.25) is 0 Å². The Morgan fingerprint density at radius 3 is 2.30 bits per heavy atom. The fourth-order valence-corrected chi connectivity index (χ4v) is 12.8. The molecule has 22 heteroatoms. The molecule has 7 rings (SSSR count). The molecule has 4 aliphatic heterocycles. The number of likely N-dealkylation sites (N-methyl/N-ethyl adjacent to an activating group) is 2. The number of hydrogen-bond acceptors (Lipinski definition) is 20. The second-order valence-corrected chi connectivity index (χ2v) is 23.6. The summed E-state index contributed by atoms with van der Waals surface area (Å²) in [6.45, 7) is 19.5. The van der Waals surface area contributed by atoms with Crippen molar-refractivity contribution in [3.05, 3.63) is 58.1 Å². The van der Waals surface area contributed by atoms with Crippen molar-refractivity contribution >= 4 is 35.0 Å². The largest absolute Gasteiger partial charge is 0.509 e. The lowest BCUT2D eigenvalue weighted by molar-refractivity contribution is -0.321. The van der Waals surface area contributed by atoms with E-state index >= 15 is 0 Å². The SMILES string of the molecule is COCCn1cc(C(=O)O)c(=O)c2cc(CC=COCCO[C@H]3[C@H](C)O[C@@H](O[C@H]4[C@H](C)[C@@H](O[C@@H]5O[C@H](C)C[C@H](N(C)C)[C@H]5OC(C)=O)[C@](C)(O)C[C@@H](C)CN(C)[C@H](C)[C@H]5OC(=O)O[C@@]56C(C)[C@H]6OC(=O)[C@@H]4C)C[C@@]3(C)OC)ccc21. The van der Waals surface area contributed by atoms with Crippen molar-refractivity contribution < 1.29 is 86.2 Å². The summed E-state index contributed by atoms with van der Waals surface area (Å²) in [5.74, 6) is -4.88. The van der Waals surface area contributed by atoms with Gasteiger partial charge in [-0.1, -0.05) is 26.8 Å². The number of carboxylic acids is 1. The number of aromatic nitrogens is 1. The molecule has 0 bridgehead atoms. The van der Waals surface area contributed by atoms with Gasteiger partial charge in [-0.15, -0.1) is 0 Å². The van der Waals surface area contributed by atoms with Gasteiger partial charge in [0.1, 0.15) is 18.3 Å². The van der Waals surface area contributed by atoms with Crippen LogP contribution in [0.1, 0.15) is 104 Å². The lowest BCUT2D eigenvalue weighted by atomic mass is 9.77. The number of carbonyl (C=O) groups excluding carboxylic acids is 3. The summed E-state index contributed by atoms with van der Waals surface area (Å²) in [6.07, 6.45) is -3.20. The predicted molar refractivity (Wildman–Crippen MR) is 290 cm³/mol. The average molecular weight is 1130 g/mol. The molecule has 80 heavy (non-hydrogen) atoms. The predicted octanol–water partition coefficient (Wildman–Crippen LogP) is 5.33. The van der Waals surface area contributed by atoms with Crippen molar-refractivity contribution in [1.82, 2.24) is 14.4 Å². The van der Waals surface area contributed by atoms with Gasteiger partial charge in [-0.2, -0.15) is 0 Å². The summed E-state index contributed by atoms with van der Waals surface area (Å²) in [5.41, 5.74) is -3.33. The number of fused-ring (bicyclic) bond motifs is 1. The Morgan fingerprint density at radius 1 is 0.912 bits per heavy atom. The zero-order valence-corrected chi connectivity index (χ0v) is 49.2. The lowest BCUT2D eigenvalue weighted by Gasteiger charge is -2.49. The van der Waals surface area contributed by atoms with E-state index in [1.165, 1.54) is 13.1 Å². The van der Waals surface area contributed by atoms with Gasteiger partial charge in [0.15, 0.2) is 36.5 Å². The molecule has 0 radical (unpaired) electrons. The maximum atomic E-state index is 14.8. The van der Waals surface area contributed by atoms with E-state index in [1.807, 2.05) is 80.6 Å². The third-order valence-corrected chi connectivity index (χ3v) is 17.2. The lowest BCUT2D eigenvalue weighted by Crippen LogP contribution is -2.61. The van der Waals surface area contributed by atoms with E-state index in [1.54, 1.807) is 57.1 Å². The molecule has 448 valence electrons. The van der Waals surface area contributed by atoms with Crippen molar-refractivity contribution in [2.24, 2.45) is 23.7 Å². The molecule has 0 amide bonds. The summed E-state index contributed by atoms with van der Waals surface area (Å²) in [4.78, 5) is 69.4. The van der Waals surface area contributed by atoms with Crippen molar-refractivity contribution in [3.8, 4) is 0 Å². The fourth-order valence-electron chi connectivity index (χ4n) is 12.8. The highest BCUT2D eigenvalue weighted by atomic mass is 16.8. The number of methoxy groups -OCH3 is 2. The number of benzene rings is 1. The zero-order valence-electron chi connectivity index (χ0n) is 49.2. The van der Waals surface area contributed by atoms with E-state index in [0.29, 0.717) is 43.4 Å². The van der Waals surface area contributed by atoms with Gasteiger partial charge in [0.05, 0.1) is 72.6 Å². The monoisotopic (exact) mass is 1130 g/mol. The van der Waals surface area contributed by atoms with Gasteiger partial charge in [0.2, 0.25) is 5.43 Å². The minimum absolute atomic E-state index is 0.143.